The van der Waals surface area contributed by atoms with E-state index in [-0.39, 0.29) is 12.6 Å². The highest BCUT2D eigenvalue weighted by Crippen LogP contribution is 2.30. The van der Waals surface area contributed by atoms with Crippen LogP contribution in [0, 0.1) is 0 Å². The number of ether oxygens (including phenoxy) is 1. The standard InChI is InChI=1S/C18H20N4O2/c1-24-15-6-2-4-13(10-15)16-11-18(21-9-3-5-14(21)12-23)22-17(20-16)7-8-19-22/h2,4,6-8,10-11,14,23H,3,5,9,12H2,1H3. The van der Waals surface area contributed by atoms with Crippen molar-refractivity contribution < 1.29 is 9.84 Å². The van der Waals surface area contributed by atoms with Crippen molar-refractivity contribution >= 4 is 11.5 Å². The first-order chi connectivity index (χ1) is 11.8. The number of hydrogen-bond donors (Lipinski definition) is 1. The first kappa shape index (κ1) is 15.0. The molecule has 6 heteroatoms. The van der Waals surface area contributed by atoms with Gasteiger partial charge in [0.25, 0.3) is 0 Å². The Balaban J connectivity index is 1.85. The number of methoxy groups -OCH3 is 1. The van der Waals surface area contributed by atoms with Crippen molar-refractivity contribution in [3.8, 4) is 17.0 Å². The zero-order chi connectivity index (χ0) is 16.5. The Morgan fingerprint density at radius 2 is 2.21 bits per heavy atom. The lowest BCUT2D eigenvalue weighted by atomic mass is 10.1. The average Bonchev–Trinajstić information content (AvgIpc) is 3.29. The topological polar surface area (TPSA) is 62.9 Å². The molecule has 0 bridgehead atoms. The number of anilines is 1. The maximum Gasteiger partial charge on any atom is 0.157 e. The Labute approximate surface area is 140 Å². The Hall–Kier alpha value is -2.60. The van der Waals surface area contributed by atoms with Crippen molar-refractivity contribution in [2.75, 3.05) is 25.2 Å². The first-order valence-electron chi connectivity index (χ1n) is 8.17. The largest absolute Gasteiger partial charge is 0.497 e. The number of fused-ring (bicyclic) bond motifs is 1. The summed E-state index contributed by atoms with van der Waals surface area (Å²) in [7, 11) is 1.66. The number of nitrogens with zero attached hydrogens (tertiary/aromatic N) is 4. The summed E-state index contributed by atoms with van der Waals surface area (Å²) in [4.78, 5) is 6.95. The zero-order valence-corrected chi connectivity index (χ0v) is 13.6. The highest BCUT2D eigenvalue weighted by Gasteiger charge is 2.26. The predicted molar refractivity (Wildman–Crippen MR) is 92.4 cm³/mol. The summed E-state index contributed by atoms with van der Waals surface area (Å²) in [5.74, 6) is 1.78. The van der Waals surface area contributed by atoms with Crippen LogP contribution in [0.3, 0.4) is 0 Å². The van der Waals surface area contributed by atoms with Crippen LogP contribution < -0.4 is 9.64 Å². The maximum absolute atomic E-state index is 9.67. The molecule has 2 aromatic heterocycles. The van der Waals surface area contributed by atoms with Crippen LogP contribution in [0.25, 0.3) is 16.9 Å². The van der Waals surface area contributed by atoms with Gasteiger partial charge in [-0.3, -0.25) is 0 Å². The van der Waals surface area contributed by atoms with Crippen molar-refractivity contribution in [3.63, 3.8) is 0 Å². The van der Waals surface area contributed by atoms with Crippen molar-refractivity contribution in [3.05, 3.63) is 42.6 Å². The molecular weight excluding hydrogens is 304 g/mol. The van der Waals surface area contributed by atoms with Crippen LogP contribution >= 0.6 is 0 Å². The SMILES string of the molecule is COc1cccc(-c2cc(N3CCCC3CO)n3nccc3n2)c1. The summed E-state index contributed by atoms with van der Waals surface area (Å²) in [6.45, 7) is 1.07. The third-order valence-corrected chi connectivity index (χ3v) is 4.59. The molecule has 1 fully saturated rings. The molecule has 3 heterocycles. The van der Waals surface area contributed by atoms with Crippen molar-refractivity contribution in [1.82, 2.24) is 14.6 Å². The fourth-order valence-corrected chi connectivity index (χ4v) is 3.36. The fraction of sp³-hybridized carbons (Fsp3) is 0.333. The van der Waals surface area contributed by atoms with Crippen molar-refractivity contribution in [1.29, 1.82) is 0 Å². The van der Waals surface area contributed by atoms with E-state index in [2.05, 4.69) is 10.00 Å². The van der Waals surface area contributed by atoms with E-state index in [0.717, 1.165) is 47.9 Å². The molecular formula is C18H20N4O2. The lowest BCUT2D eigenvalue weighted by Gasteiger charge is -2.26. The summed E-state index contributed by atoms with van der Waals surface area (Å²) >= 11 is 0. The van der Waals surface area contributed by atoms with Gasteiger partial charge in [-0.15, -0.1) is 0 Å². The highest BCUT2D eigenvalue weighted by molar-refractivity contribution is 5.68. The quantitative estimate of drug-likeness (QED) is 0.798. The molecule has 1 unspecified atom stereocenters. The van der Waals surface area contributed by atoms with E-state index in [1.807, 2.05) is 40.9 Å². The smallest absolute Gasteiger partial charge is 0.157 e. The molecule has 0 radical (unpaired) electrons. The second kappa shape index (κ2) is 6.13. The van der Waals surface area contributed by atoms with E-state index < -0.39 is 0 Å². The molecule has 3 aromatic rings. The Kier molecular flexibility index (Phi) is 3.82. The molecule has 0 amide bonds. The zero-order valence-electron chi connectivity index (χ0n) is 13.6. The van der Waals surface area contributed by atoms with Crippen molar-refractivity contribution in [2.45, 2.75) is 18.9 Å². The number of rotatable bonds is 4. The van der Waals surface area contributed by atoms with Gasteiger partial charge in [0.2, 0.25) is 0 Å². The summed E-state index contributed by atoms with van der Waals surface area (Å²) in [5, 5.41) is 14.1. The van der Waals surface area contributed by atoms with Crippen LogP contribution in [0.2, 0.25) is 0 Å². The predicted octanol–water partition coefficient (Wildman–Crippen LogP) is 2.37. The Morgan fingerprint density at radius 1 is 1.29 bits per heavy atom. The maximum atomic E-state index is 9.67. The van der Waals surface area contributed by atoms with Gasteiger partial charge >= 0.3 is 0 Å². The van der Waals surface area contributed by atoms with Gasteiger partial charge in [-0.2, -0.15) is 9.61 Å². The van der Waals surface area contributed by atoms with Gasteiger partial charge in [0, 0.05) is 24.2 Å². The summed E-state index contributed by atoms with van der Waals surface area (Å²) in [5.41, 5.74) is 2.67. The number of aromatic nitrogens is 3. The van der Waals surface area contributed by atoms with Crippen LogP contribution in [0.4, 0.5) is 5.82 Å². The fourth-order valence-electron chi connectivity index (χ4n) is 3.36. The van der Waals surface area contributed by atoms with Gasteiger partial charge in [-0.05, 0) is 25.0 Å². The molecule has 124 valence electrons. The third-order valence-electron chi connectivity index (χ3n) is 4.59. The number of benzene rings is 1. The van der Waals surface area contributed by atoms with E-state index in [1.54, 1.807) is 13.3 Å². The van der Waals surface area contributed by atoms with Crippen LogP contribution in [-0.4, -0.2) is 46.0 Å². The first-order valence-corrected chi connectivity index (χ1v) is 8.17. The number of aliphatic hydroxyl groups is 1. The highest BCUT2D eigenvalue weighted by atomic mass is 16.5. The van der Waals surface area contributed by atoms with E-state index >= 15 is 0 Å². The summed E-state index contributed by atoms with van der Waals surface area (Å²) in [6, 6.07) is 12.0. The molecule has 1 atom stereocenters. The number of aliphatic hydroxyl groups excluding tert-OH is 1. The van der Waals surface area contributed by atoms with Crippen LogP contribution in [0.5, 0.6) is 5.75 Å². The third kappa shape index (κ3) is 2.49. The van der Waals surface area contributed by atoms with E-state index in [0.29, 0.717) is 0 Å². The average molecular weight is 324 g/mol. The van der Waals surface area contributed by atoms with E-state index in [4.69, 9.17) is 9.72 Å². The normalized spacial score (nSPS) is 17.6. The molecule has 0 spiro atoms. The van der Waals surface area contributed by atoms with Gasteiger partial charge in [0.15, 0.2) is 5.65 Å². The second-order valence-electron chi connectivity index (χ2n) is 6.00. The minimum Gasteiger partial charge on any atom is -0.497 e. The molecule has 1 aliphatic rings. The van der Waals surface area contributed by atoms with Crippen LogP contribution in [0.15, 0.2) is 42.6 Å². The molecule has 24 heavy (non-hydrogen) atoms. The molecule has 1 N–H and O–H groups in total. The van der Waals surface area contributed by atoms with E-state index in [1.165, 1.54) is 0 Å². The monoisotopic (exact) mass is 324 g/mol. The van der Waals surface area contributed by atoms with Crippen LogP contribution in [0.1, 0.15) is 12.8 Å². The molecule has 6 nitrogen and oxygen atoms in total. The Morgan fingerprint density at radius 3 is 3.04 bits per heavy atom. The number of hydrogen-bond acceptors (Lipinski definition) is 5. The molecule has 1 saturated heterocycles. The van der Waals surface area contributed by atoms with Crippen molar-refractivity contribution in [2.24, 2.45) is 0 Å². The molecule has 4 rings (SSSR count). The van der Waals surface area contributed by atoms with Gasteiger partial charge in [0.1, 0.15) is 11.6 Å². The van der Waals surface area contributed by atoms with Gasteiger partial charge in [-0.1, -0.05) is 12.1 Å². The Bertz CT molecular complexity index is 861. The van der Waals surface area contributed by atoms with Gasteiger partial charge in [0.05, 0.1) is 31.6 Å². The molecule has 0 saturated carbocycles. The second-order valence-corrected chi connectivity index (χ2v) is 6.00. The minimum absolute atomic E-state index is 0.137. The minimum atomic E-state index is 0.137. The van der Waals surface area contributed by atoms with Gasteiger partial charge < -0.3 is 14.7 Å². The summed E-state index contributed by atoms with van der Waals surface area (Å²) in [6.07, 6.45) is 3.83. The van der Waals surface area contributed by atoms with Crippen LogP contribution in [-0.2, 0) is 0 Å². The molecule has 1 aromatic carbocycles. The molecule has 1 aliphatic heterocycles. The van der Waals surface area contributed by atoms with E-state index in [9.17, 15) is 5.11 Å². The lowest BCUT2D eigenvalue weighted by Crippen LogP contribution is -2.33. The summed E-state index contributed by atoms with van der Waals surface area (Å²) < 4.78 is 7.17. The lowest BCUT2D eigenvalue weighted by molar-refractivity contribution is 0.266. The van der Waals surface area contributed by atoms with Gasteiger partial charge in [-0.25, -0.2) is 4.98 Å². The molecule has 0 aliphatic carbocycles.